The number of likely N-dealkylation sites (tertiary alicyclic amines) is 2. The van der Waals surface area contributed by atoms with E-state index >= 15 is 0 Å². The highest BCUT2D eigenvalue weighted by Crippen LogP contribution is 2.31. The lowest BCUT2D eigenvalue weighted by molar-refractivity contribution is -0.132. The number of nitrogens with one attached hydrogen (secondary N) is 1. The van der Waals surface area contributed by atoms with Crippen LogP contribution in [0.4, 0.5) is 5.69 Å². The van der Waals surface area contributed by atoms with Gasteiger partial charge in [-0.15, -0.1) is 0 Å². The predicted octanol–water partition coefficient (Wildman–Crippen LogP) is 3.02. The summed E-state index contributed by atoms with van der Waals surface area (Å²) in [5, 5.41) is 14.0. The molecule has 1 aromatic carbocycles. The quantitative estimate of drug-likeness (QED) is 0.793. The van der Waals surface area contributed by atoms with Gasteiger partial charge in [0.05, 0.1) is 19.2 Å². The smallest absolute Gasteiger partial charge is 0.237 e. The van der Waals surface area contributed by atoms with Crippen LogP contribution in [0.25, 0.3) is 10.9 Å². The van der Waals surface area contributed by atoms with Crippen LogP contribution >= 0.6 is 0 Å². The minimum atomic E-state index is -0.238. The molecule has 7 nitrogen and oxygen atoms in total. The van der Waals surface area contributed by atoms with Crippen LogP contribution in [0.2, 0.25) is 0 Å². The van der Waals surface area contributed by atoms with Gasteiger partial charge < -0.3 is 15.0 Å². The minimum absolute atomic E-state index is 0.0917. The van der Waals surface area contributed by atoms with Gasteiger partial charge in [-0.05, 0) is 56.9 Å². The molecule has 1 unspecified atom stereocenters. The van der Waals surface area contributed by atoms with Gasteiger partial charge in [0.15, 0.2) is 0 Å². The number of piperidine rings is 1. The van der Waals surface area contributed by atoms with Gasteiger partial charge in [-0.25, -0.2) is 0 Å². The molecule has 0 spiro atoms. The second kappa shape index (κ2) is 9.31. The summed E-state index contributed by atoms with van der Waals surface area (Å²) in [5.41, 5.74) is 1.95. The molecule has 2 aromatic rings. The number of carbonyl (C=O) groups excluding carboxylic acids is 1. The zero-order valence-corrected chi connectivity index (χ0v) is 17.5. The van der Waals surface area contributed by atoms with Crippen molar-refractivity contribution in [2.75, 3.05) is 38.1 Å². The molecular formula is C23H29N5O2. The number of pyridine rings is 1. The van der Waals surface area contributed by atoms with Gasteiger partial charge in [0.25, 0.3) is 0 Å². The van der Waals surface area contributed by atoms with Crippen LogP contribution in [0.15, 0.2) is 30.5 Å². The third-order valence-electron chi connectivity index (χ3n) is 6.06. The van der Waals surface area contributed by atoms with E-state index in [0.29, 0.717) is 25.7 Å². The Bertz CT molecular complexity index is 933. The molecule has 0 bridgehead atoms. The van der Waals surface area contributed by atoms with Gasteiger partial charge in [-0.1, -0.05) is 0 Å². The van der Waals surface area contributed by atoms with Gasteiger partial charge in [0, 0.05) is 42.9 Å². The second-order valence-corrected chi connectivity index (χ2v) is 8.01. The summed E-state index contributed by atoms with van der Waals surface area (Å²) in [4.78, 5) is 21.1. The van der Waals surface area contributed by atoms with Crippen LogP contribution in [0.3, 0.4) is 0 Å². The Balaban J connectivity index is 1.35. The van der Waals surface area contributed by atoms with Crippen molar-refractivity contribution in [1.29, 1.82) is 5.26 Å². The third-order valence-corrected chi connectivity index (χ3v) is 6.06. The molecule has 7 heteroatoms. The number of fused-ring (bicyclic) bond motifs is 1. The maximum Gasteiger partial charge on any atom is 0.237 e. The van der Waals surface area contributed by atoms with E-state index in [2.05, 4.69) is 33.4 Å². The van der Waals surface area contributed by atoms with E-state index in [1.165, 1.54) is 0 Å². The van der Waals surface area contributed by atoms with E-state index in [0.717, 1.165) is 61.1 Å². The molecule has 2 aliphatic heterocycles. The van der Waals surface area contributed by atoms with Gasteiger partial charge in [-0.3, -0.25) is 14.7 Å². The topological polar surface area (TPSA) is 81.5 Å². The standard InChI is InChI=1S/C23H29N5O2/c1-2-30-21-8-7-20(19-6-3-11-25-23(19)21)26-17-9-13-27(14-10-17)16-22(29)28-12-4-5-18(28)15-24/h3,6-8,11,17-18,26H,2,4-5,9-10,12-14,16H2,1H3. The minimum Gasteiger partial charge on any atom is -0.492 e. The fraction of sp³-hybridized carbons (Fsp3) is 0.522. The van der Waals surface area contributed by atoms with E-state index in [4.69, 9.17) is 4.74 Å². The van der Waals surface area contributed by atoms with Crippen molar-refractivity contribution in [3.05, 3.63) is 30.5 Å². The van der Waals surface area contributed by atoms with E-state index in [1.54, 1.807) is 11.1 Å². The number of nitrogens with zero attached hydrogens (tertiary/aromatic N) is 4. The van der Waals surface area contributed by atoms with Crippen LogP contribution in [0.5, 0.6) is 5.75 Å². The molecule has 3 heterocycles. The number of hydrogen-bond donors (Lipinski definition) is 1. The summed E-state index contributed by atoms with van der Waals surface area (Å²) < 4.78 is 5.72. The van der Waals surface area contributed by atoms with Gasteiger partial charge in [-0.2, -0.15) is 5.26 Å². The van der Waals surface area contributed by atoms with E-state index in [9.17, 15) is 10.1 Å². The Hall–Kier alpha value is -2.85. The average molecular weight is 408 g/mol. The second-order valence-electron chi connectivity index (χ2n) is 8.01. The number of hydrogen-bond acceptors (Lipinski definition) is 6. The first-order chi connectivity index (χ1) is 14.7. The Morgan fingerprint density at radius 1 is 1.27 bits per heavy atom. The number of ether oxygens (including phenoxy) is 1. The third kappa shape index (κ3) is 4.34. The lowest BCUT2D eigenvalue weighted by Crippen LogP contribution is -2.46. The summed E-state index contributed by atoms with van der Waals surface area (Å²) in [6.07, 6.45) is 5.48. The van der Waals surface area contributed by atoms with Crippen LogP contribution in [0.1, 0.15) is 32.6 Å². The molecule has 0 radical (unpaired) electrons. The summed E-state index contributed by atoms with van der Waals surface area (Å²) >= 11 is 0. The molecule has 0 aliphatic carbocycles. The number of benzene rings is 1. The van der Waals surface area contributed by atoms with Gasteiger partial charge in [0.2, 0.25) is 5.91 Å². The summed E-state index contributed by atoms with van der Waals surface area (Å²) in [7, 11) is 0. The van der Waals surface area contributed by atoms with Crippen molar-refractivity contribution >= 4 is 22.5 Å². The first-order valence-electron chi connectivity index (χ1n) is 10.9. The fourth-order valence-corrected chi connectivity index (χ4v) is 4.48. The lowest BCUT2D eigenvalue weighted by atomic mass is 10.0. The maximum atomic E-state index is 12.6. The van der Waals surface area contributed by atoms with E-state index in [1.807, 2.05) is 19.1 Å². The monoisotopic (exact) mass is 407 g/mol. The van der Waals surface area contributed by atoms with E-state index < -0.39 is 0 Å². The van der Waals surface area contributed by atoms with Gasteiger partial charge in [0.1, 0.15) is 17.3 Å². The number of nitriles is 1. The molecular weight excluding hydrogens is 378 g/mol. The Labute approximate surface area is 177 Å². The number of amides is 1. The van der Waals surface area contributed by atoms with Crippen LogP contribution in [0, 0.1) is 11.3 Å². The Morgan fingerprint density at radius 2 is 2.10 bits per heavy atom. The maximum absolute atomic E-state index is 12.6. The molecule has 0 saturated carbocycles. The number of aromatic nitrogens is 1. The lowest BCUT2D eigenvalue weighted by Gasteiger charge is -2.33. The van der Waals surface area contributed by atoms with Crippen LogP contribution in [-0.2, 0) is 4.79 Å². The zero-order valence-electron chi connectivity index (χ0n) is 17.5. The fourth-order valence-electron chi connectivity index (χ4n) is 4.48. The van der Waals surface area contributed by atoms with Crippen molar-refractivity contribution in [2.45, 2.75) is 44.7 Å². The highest BCUT2D eigenvalue weighted by atomic mass is 16.5. The van der Waals surface area contributed by atoms with Crippen molar-refractivity contribution < 1.29 is 9.53 Å². The molecule has 1 amide bonds. The highest BCUT2D eigenvalue weighted by molar-refractivity contribution is 5.95. The average Bonchev–Trinajstić information content (AvgIpc) is 3.26. The van der Waals surface area contributed by atoms with Crippen LogP contribution < -0.4 is 10.1 Å². The predicted molar refractivity (Wildman–Crippen MR) is 116 cm³/mol. The summed E-state index contributed by atoms with van der Waals surface area (Å²) in [5.74, 6) is 0.901. The molecule has 1 N–H and O–H groups in total. The molecule has 1 aromatic heterocycles. The number of carbonyl (C=O) groups is 1. The largest absolute Gasteiger partial charge is 0.492 e. The number of anilines is 1. The van der Waals surface area contributed by atoms with Crippen molar-refractivity contribution in [1.82, 2.24) is 14.8 Å². The molecule has 2 saturated heterocycles. The molecule has 4 rings (SSSR count). The molecule has 30 heavy (non-hydrogen) atoms. The molecule has 1 atom stereocenters. The van der Waals surface area contributed by atoms with Crippen molar-refractivity contribution in [3.8, 4) is 11.8 Å². The van der Waals surface area contributed by atoms with Crippen LogP contribution in [-0.4, -0.2) is 65.6 Å². The number of rotatable bonds is 6. The Morgan fingerprint density at radius 3 is 2.87 bits per heavy atom. The Kier molecular flexibility index (Phi) is 6.34. The SMILES string of the molecule is CCOc1ccc(NC2CCN(CC(=O)N3CCCC3C#N)CC2)c2cccnc12. The summed E-state index contributed by atoms with van der Waals surface area (Å²) in [6.45, 7) is 5.48. The first kappa shape index (κ1) is 20.4. The van der Waals surface area contributed by atoms with Crippen molar-refractivity contribution in [3.63, 3.8) is 0 Å². The van der Waals surface area contributed by atoms with E-state index in [-0.39, 0.29) is 11.9 Å². The highest BCUT2D eigenvalue weighted by Gasteiger charge is 2.30. The van der Waals surface area contributed by atoms with Crippen molar-refractivity contribution in [2.24, 2.45) is 0 Å². The first-order valence-corrected chi connectivity index (χ1v) is 10.9. The normalized spacial score (nSPS) is 20.3. The molecule has 2 fully saturated rings. The summed E-state index contributed by atoms with van der Waals surface area (Å²) in [6, 6.07) is 10.4. The molecule has 158 valence electrons. The molecule has 2 aliphatic rings. The zero-order chi connectivity index (χ0) is 20.9. The van der Waals surface area contributed by atoms with Gasteiger partial charge >= 0.3 is 0 Å².